The summed E-state index contributed by atoms with van der Waals surface area (Å²) in [5.74, 6) is 0.774. The van der Waals surface area contributed by atoms with Crippen LogP contribution in [0.4, 0.5) is 0 Å². The average molecular weight is 247 g/mol. The molecule has 1 aromatic rings. The SMILES string of the molecule is NC(C1CCCCC1)C1Cc2ccccc2S1. The van der Waals surface area contributed by atoms with Crippen LogP contribution in [0.3, 0.4) is 0 Å². The van der Waals surface area contributed by atoms with Gasteiger partial charge in [-0.05, 0) is 36.8 Å². The third kappa shape index (κ3) is 2.38. The minimum Gasteiger partial charge on any atom is -0.326 e. The summed E-state index contributed by atoms with van der Waals surface area (Å²) in [6.07, 6.45) is 8.09. The highest BCUT2D eigenvalue weighted by atomic mass is 32.2. The van der Waals surface area contributed by atoms with Gasteiger partial charge in [-0.1, -0.05) is 37.5 Å². The van der Waals surface area contributed by atoms with E-state index in [9.17, 15) is 0 Å². The van der Waals surface area contributed by atoms with E-state index in [-0.39, 0.29) is 0 Å². The Morgan fingerprint density at radius 2 is 1.88 bits per heavy atom. The number of hydrogen-bond acceptors (Lipinski definition) is 2. The first-order valence-corrected chi connectivity index (χ1v) is 7.73. The second kappa shape index (κ2) is 5.03. The second-order valence-corrected chi connectivity index (χ2v) is 6.72. The summed E-state index contributed by atoms with van der Waals surface area (Å²) in [5.41, 5.74) is 8.02. The van der Waals surface area contributed by atoms with Crippen LogP contribution in [-0.4, -0.2) is 11.3 Å². The number of thioether (sulfide) groups is 1. The molecule has 0 radical (unpaired) electrons. The van der Waals surface area contributed by atoms with Gasteiger partial charge >= 0.3 is 0 Å². The monoisotopic (exact) mass is 247 g/mol. The molecule has 0 saturated heterocycles. The van der Waals surface area contributed by atoms with Gasteiger partial charge < -0.3 is 5.73 Å². The quantitative estimate of drug-likeness (QED) is 0.864. The minimum atomic E-state index is 0.396. The zero-order valence-corrected chi connectivity index (χ0v) is 11.1. The van der Waals surface area contributed by atoms with Crippen LogP contribution in [0.2, 0.25) is 0 Å². The van der Waals surface area contributed by atoms with Crippen molar-refractivity contribution in [3.63, 3.8) is 0 Å². The normalized spacial score (nSPS) is 26.8. The van der Waals surface area contributed by atoms with Crippen molar-refractivity contribution in [1.29, 1.82) is 0 Å². The molecule has 0 amide bonds. The van der Waals surface area contributed by atoms with Gasteiger partial charge in [-0.3, -0.25) is 0 Å². The van der Waals surface area contributed by atoms with Crippen molar-refractivity contribution in [2.75, 3.05) is 0 Å². The van der Waals surface area contributed by atoms with Crippen molar-refractivity contribution in [1.82, 2.24) is 0 Å². The van der Waals surface area contributed by atoms with Crippen LogP contribution in [0.5, 0.6) is 0 Å². The van der Waals surface area contributed by atoms with E-state index in [4.69, 9.17) is 5.73 Å². The summed E-state index contributed by atoms with van der Waals surface area (Å²) in [5, 5.41) is 0.621. The summed E-state index contributed by atoms with van der Waals surface area (Å²) in [7, 11) is 0. The Morgan fingerprint density at radius 1 is 1.12 bits per heavy atom. The minimum absolute atomic E-state index is 0.396. The van der Waals surface area contributed by atoms with Crippen molar-refractivity contribution in [2.45, 2.75) is 54.7 Å². The molecule has 17 heavy (non-hydrogen) atoms. The summed E-state index contributed by atoms with van der Waals surface area (Å²) >= 11 is 2.01. The van der Waals surface area contributed by atoms with Gasteiger partial charge in [0.25, 0.3) is 0 Å². The predicted octanol–water partition coefficient (Wildman–Crippen LogP) is 3.61. The maximum absolute atomic E-state index is 6.51. The molecule has 2 aliphatic rings. The van der Waals surface area contributed by atoms with Crippen molar-refractivity contribution < 1.29 is 0 Å². The molecule has 1 fully saturated rings. The zero-order chi connectivity index (χ0) is 11.7. The molecule has 92 valence electrons. The fourth-order valence-electron chi connectivity index (χ4n) is 3.25. The number of hydrogen-bond donors (Lipinski definition) is 1. The van der Waals surface area contributed by atoms with E-state index in [1.165, 1.54) is 49.0 Å². The summed E-state index contributed by atoms with van der Waals surface area (Å²) < 4.78 is 0. The standard InChI is InChI=1S/C15H21NS/c16-15(11-6-2-1-3-7-11)14-10-12-8-4-5-9-13(12)17-14/h4-5,8-9,11,14-15H,1-3,6-7,10,16H2. The van der Waals surface area contributed by atoms with Gasteiger partial charge in [0.15, 0.2) is 0 Å². The molecule has 2 N–H and O–H groups in total. The summed E-state index contributed by atoms with van der Waals surface area (Å²) in [4.78, 5) is 1.46. The third-order valence-electron chi connectivity index (χ3n) is 4.30. The van der Waals surface area contributed by atoms with Gasteiger partial charge in [0.05, 0.1) is 0 Å². The first-order valence-electron chi connectivity index (χ1n) is 6.85. The van der Waals surface area contributed by atoms with Crippen molar-refractivity contribution in [3.05, 3.63) is 29.8 Å². The molecule has 2 heteroatoms. The first-order chi connectivity index (χ1) is 8.34. The lowest BCUT2D eigenvalue weighted by Gasteiger charge is -2.30. The van der Waals surface area contributed by atoms with Crippen LogP contribution in [0.1, 0.15) is 37.7 Å². The second-order valence-electron chi connectivity index (χ2n) is 5.44. The fraction of sp³-hybridized carbons (Fsp3) is 0.600. The largest absolute Gasteiger partial charge is 0.326 e. The number of benzene rings is 1. The van der Waals surface area contributed by atoms with Gasteiger partial charge in [0.2, 0.25) is 0 Å². The van der Waals surface area contributed by atoms with Gasteiger partial charge in [-0.25, -0.2) is 0 Å². The molecule has 1 aliphatic carbocycles. The van der Waals surface area contributed by atoms with E-state index in [0.717, 1.165) is 5.92 Å². The molecular weight excluding hydrogens is 226 g/mol. The molecule has 0 spiro atoms. The topological polar surface area (TPSA) is 26.0 Å². The van der Waals surface area contributed by atoms with Crippen LogP contribution in [-0.2, 0) is 6.42 Å². The molecule has 1 nitrogen and oxygen atoms in total. The van der Waals surface area contributed by atoms with E-state index >= 15 is 0 Å². The van der Waals surface area contributed by atoms with E-state index in [2.05, 4.69) is 24.3 Å². The molecule has 2 atom stereocenters. The third-order valence-corrected chi connectivity index (χ3v) is 5.73. The van der Waals surface area contributed by atoms with Crippen LogP contribution in [0, 0.1) is 5.92 Å². The van der Waals surface area contributed by atoms with Gasteiger partial charge in [0, 0.05) is 16.2 Å². The average Bonchev–Trinajstić information content (AvgIpc) is 2.82. The summed E-state index contributed by atoms with van der Waals surface area (Å²) in [6, 6.07) is 9.19. The van der Waals surface area contributed by atoms with Gasteiger partial charge in [0.1, 0.15) is 0 Å². The van der Waals surface area contributed by atoms with Crippen molar-refractivity contribution in [2.24, 2.45) is 11.7 Å². The number of rotatable bonds is 2. The van der Waals surface area contributed by atoms with E-state index in [1.54, 1.807) is 0 Å². The molecular formula is C15H21NS. The van der Waals surface area contributed by atoms with Crippen LogP contribution < -0.4 is 5.73 Å². The molecule has 0 bridgehead atoms. The van der Waals surface area contributed by atoms with E-state index < -0.39 is 0 Å². The fourth-order valence-corrected chi connectivity index (χ4v) is 4.67. The highest BCUT2D eigenvalue weighted by Gasteiger charge is 2.32. The number of nitrogens with two attached hydrogens (primary N) is 1. The highest BCUT2D eigenvalue weighted by Crippen LogP contribution is 2.41. The maximum atomic E-state index is 6.51. The zero-order valence-electron chi connectivity index (χ0n) is 10.3. The van der Waals surface area contributed by atoms with Crippen LogP contribution >= 0.6 is 11.8 Å². The Kier molecular flexibility index (Phi) is 3.44. The lowest BCUT2D eigenvalue weighted by molar-refractivity contribution is 0.300. The Balaban J connectivity index is 1.67. The maximum Gasteiger partial charge on any atom is 0.0289 e. The van der Waals surface area contributed by atoms with Crippen LogP contribution in [0.25, 0.3) is 0 Å². The highest BCUT2D eigenvalue weighted by molar-refractivity contribution is 8.00. The Hall–Kier alpha value is -0.470. The van der Waals surface area contributed by atoms with E-state index in [1.807, 2.05) is 11.8 Å². The predicted molar refractivity (Wildman–Crippen MR) is 74.3 cm³/mol. The first kappa shape index (κ1) is 11.6. The lowest BCUT2D eigenvalue weighted by atomic mass is 9.82. The Labute approximate surface area is 108 Å². The van der Waals surface area contributed by atoms with Gasteiger partial charge in [-0.2, -0.15) is 0 Å². The van der Waals surface area contributed by atoms with Crippen molar-refractivity contribution >= 4 is 11.8 Å². The summed E-state index contributed by atoms with van der Waals surface area (Å²) in [6.45, 7) is 0. The Bertz CT molecular complexity index is 359. The van der Waals surface area contributed by atoms with Gasteiger partial charge in [-0.15, -0.1) is 11.8 Å². The molecule has 2 unspecified atom stereocenters. The number of fused-ring (bicyclic) bond motifs is 1. The smallest absolute Gasteiger partial charge is 0.0289 e. The molecule has 1 aromatic carbocycles. The van der Waals surface area contributed by atoms with Crippen LogP contribution in [0.15, 0.2) is 29.2 Å². The lowest BCUT2D eigenvalue weighted by Crippen LogP contribution is -2.40. The van der Waals surface area contributed by atoms with E-state index in [0.29, 0.717) is 11.3 Å². The molecule has 0 aromatic heterocycles. The molecule has 1 aliphatic heterocycles. The molecule has 3 rings (SSSR count). The molecule has 1 saturated carbocycles. The Morgan fingerprint density at radius 3 is 2.65 bits per heavy atom. The molecule has 1 heterocycles. The van der Waals surface area contributed by atoms with Crippen molar-refractivity contribution in [3.8, 4) is 0 Å².